The molecule has 0 N–H and O–H groups in total. The van der Waals surface area contributed by atoms with Gasteiger partial charge in [-0.15, -0.1) is 0 Å². The first-order valence-corrected chi connectivity index (χ1v) is 7.70. The number of ketones is 1. The van der Waals surface area contributed by atoms with Crippen LogP contribution in [0.5, 0.6) is 0 Å². The van der Waals surface area contributed by atoms with Crippen LogP contribution in [0.15, 0.2) is 60.9 Å². The number of carbonyl (C=O) groups excluding carboxylic acids is 1. The molecule has 24 heavy (non-hydrogen) atoms. The molecule has 0 unspecified atom stereocenters. The summed E-state index contributed by atoms with van der Waals surface area (Å²) in [6.07, 6.45) is 4.29. The number of rotatable bonds is 5. The number of benzene rings is 2. The molecule has 0 spiro atoms. The molecule has 0 radical (unpaired) electrons. The van der Waals surface area contributed by atoms with E-state index in [-0.39, 0.29) is 17.4 Å². The average molecular weight is 325 g/mol. The van der Waals surface area contributed by atoms with Crippen molar-refractivity contribution in [2.45, 2.75) is 19.9 Å². The maximum Gasteiger partial charge on any atom is 0.161 e. The van der Waals surface area contributed by atoms with E-state index in [2.05, 4.69) is 0 Å². The van der Waals surface area contributed by atoms with Gasteiger partial charge in [0, 0.05) is 24.5 Å². The van der Waals surface area contributed by atoms with E-state index in [1.807, 2.05) is 17.0 Å². The molecule has 0 aliphatic rings. The fourth-order valence-corrected chi connectivity index (χ4v) is 2.73. The Morgan fingerprint density at radius 1 is 0.875 bits per heavy atom. The molecule has 0 fully saturated rings. The molecule has 1 aromatic heterocycles. The highest BCUT2D eigenvalue weighted by Gasteiger charge is 2.12. The zero-order chi connectivity index (χ0) is 17.1. The van der Waals surface area contributed by atoms with Crippen LogP contribution in [0.25, 0.3) is 0 Å². The zero-order valence-corrected chi connectivity index (χ0v) is 13.3. The van der Waals surface area contributed by atoms with Crippen LogP contribution in [-0.4, -0.2) is 10.4 Å². The third kappa shape index (κ3) is 3.77. The summed E-state index contributed by atoms with van der Waals surface area (Å²) < 4.78 is 27.9. The van der Waals surface area contributed by atoms with E-state index in [0.717, 1.165) is 16.7 Å². The monoisotopic (exact) mass is 325 g/mol. The van der Waals surface area contributed by atoms with Crippen LogP contribution in [0, 0.1) is 11.6 Å². The predicted octanol–water partition coefficient (Wildman–Crippen LogP) is 4.61. The molecule has 0 aliphatic heterocycles. The van der Waals surface area contributed by atoms with Crippen molar-refractivity contribution < 1.29 is 13.6 Å². The van der Waals surface area contributed by atoms with Crippen LogP contribution in [0.3, 0.4) is 0 Å². The van der Waals surface area contributed by atoms with Gasteiger partial charge in [-0.1, -0.05) is 24.3 Å². The fourth-order valence-electron chi connectivity index (χ4n) is 2.73. The highest BCUT2D eigenvalue weighted by Crippen LogP contribution is 2.18. The second kappa shape index (κ2) is 6.79. The normalized spacial score (nSPS) is 10.8. The lowest BCUT2D eigenvalue weighted by molar-refractivity contribution is 0.101. The van der Waals surface area contributed by atoms with Crippen LogP contribution >= 0.6 is 0 Å². The van der Waals surface area contributed by atoms with Gasteiger partial charge in [-0.3, -0.25) is 4.79 Å². The molecule has 2 aromatic carbocycles. The Labute approximate surface area is 139 Å². The Balaban J connectivity index is 1.85. The number of aromatic nitrogens is 1. The topological polar surface area (TPSA) is 22.0 Å². The number of carbonyl (C=O) groups is 1. The van der Waals surface area contributed by atoms with Gasteiger partial charge in [0.25, 0.3) is 0 Å². The molecule has 0 atom stereocenters. The summed E-state index contributed by atoms with van der Waals surface area (Å²) >= 11 is 0. The summed E-state index contributed by atoms with van der Waals surface area (Å²) in [4.78, 5) is 11.9. The molecule has 1 heterocycles. The van der Waals surface area contributed by atoms with Gasteiger partial charge >= 0.3 is 0 Å². The van der Waals surface area contributed by atoms with Gasteiger partial charge in [-0.05, 0) is 54.3 Å². The minimum atomic E-state index is -0.278. The first-order chi connectivity index (χ1) is 11.5. The second-order valence-electron chi connectivity index (χ2n) is 5.86. The lowest BCUT2D eigenvalue weighted by Gasteiger charge is -2.03. The third-order valence-electron chi connectivity index (χ3n) is 3.93. The fraction of sp³-hybridized carbons (Fsp3) is 0.150. The molecule has 2 nitrogen and oxygen atoms in total. The van der Waals surface area contributed by atoms with E-state index in [1.54, 1.807) is 24.3 Å². The summed E-state index contributed by atoms with van der Waals surface area (Å²) in [5.41, 5.74) is 3.45. The molecule has 0 amide bonds. The van der Waals surface area contributed by atoms with Crippen molar-refractivity contribution in [1.82, 2.24) is 4.57 Å². The standard InChI is InChI=1S/C20H17F2NO/c1-14(24)20-13-23(11-16-4-8-19(22)9-5-16)12-17(20)10-15-2-6-18(21)7-3-15/h2-9,12-13H,10-11H2,1H3. The van der Waals surface area contributed by atoms with Gasteiger partial charge in [0.15, 0.2) is 5.78 Å². The quantitative estimate of drug-likeness (QED) is 0.628. The smallest absolute Gasteiger partial charge is 0.161 e. The molecule has 0 bridgehead atoms. The van der Waals surface area contributed by atoms with Gasteiger partial charge in [0.1, 0.15) is 11.6 Å². The molecule has 3 aromatic rings. The van der Waals surface area contributed by atoms with Gasteiger partial charge in [-0.25, -0.2) is 8.78 Å². The second-order valence-corrected chi connectivity index (χ2v) is 5.86. The van der Waals surface area contributed by atoms with E-state index in [4.69, 9.17) is 0 Å². The van der Waals surface area contributed by atoms with Crippen LogP contribution in [0.4, 0.5) is 8.78 Å². The van der Waals surface area contributed by atoms with Gasteiger partial charge < -0.3 is 4.57 Å². The van der Waals surface area contributed by atoms with Gasteiger partial charge in [0.2, 0.25) is 0 Å². The van der Waals surface area contributed by atoms with Gasteiger partial charge in [0.05, 0.1) is 0 Å². The molecule has 0 saturated heterocycles. The molecule has 3 rings (SSSR count). The van der Waals surface area contributed by atoms with Crippen LogP contribution in [-0.2, 0) is 13.0 Å². The summed E-state index contributed by atoms with van der Waals surface area (Å²) in [5, 5.41) is 0. The highest BCUT2D eigenvalue weighted by molar-refractivity contribution is 5.95. The van der Waals surface area contributed by atoms with Crippen molar-refractivity contribution in [2.75, 3.05) is 0 Å². The number of nitrogens with zero attached hydrogens (tertiary/aromatic N) is 1. The Morgan fingerprint density at radius 3 is 1.96 bits per heavy atom. The minimum absolute atomic E-state index is 0.00929. The SMILES string of the molecule is CC(=O)c1cn(Cc2ccc(F)cc2)cc1Cc1ccc(F)cc1. The molecule has 0 saturated carbocycles. The lowest BCUT2D eigenvalue weighted by atomic mass is 10.0. The van der Waals surface area contributed by atoms with Crippen molar-refractivity contribution >= 4 is 5.78 Å². The Bertz CT molecular complexity index is 848. The Morgan fingerprint density at radius 2 is 1.42 bits per heavy atom. The average Bonchev–Trinajstić information content (AvgIpc) is 2.94. The van der Waals surface area contributed by atoms with E-state index in [9.17, 15) is 13.6 Å². The summed E-state index contributed by atoms with van der Waals surface area (Å²) in [6.45, 7) is 2.09. The number of hydrogen-bond donors (Lipinski definition) is 0. The van der Waals surface area contributed by atoms with Crippen molar-refractivity contribution in [3.63, 3.8) is 0 Å². The highest BCUT2D eigenvalue weighted by atomic mass is 19.1. The van der Waals surface area contributed by atoms with Crippen LogP contribution in [0.1, 0.15) is 34.0 Å². The summed E-state index contributed by atoms with van der Waals surface area (Å²) in [5.74, 6) is -0.558. The van der Waals surface area contributed by atoms with Crippen molar-refractivity contribution in [1.29, 1.82) is 0 Å². The van der Waals surface area contributed by atoms with E-state index < -0.39 is 0 Å². The minimum Gasteiger partial charge on any atom is -0.349 e. The van der Waals surface area contributed by atoms with E-state index >= 15 is 0 Å². The summed E-state index contributed by atoms with van der Waals surface area (Å²) in [6, 6.07) is 12.6. The van der Waals surface area contributed by atoms with Gasteiger partial charge in [-0.2, -0.15) is 0 Å². The number of hydrogen-bond acceptors (Lipinski definition) is 1. The maximum atomic E-state index is 13.0. The predicted molar refractivity (Wildman–Crippen MR) is 89.1 cm³/mol. The summed E-state index contributed by atoms with van der Waals surface area (Å²) in [7, 11) is 0. The first-order valence-electron chi connectivity index (χ1n) is 7.70. The molecule has 0 aliphatic carbocycles. The Kier molecular flexibility index (Phi) is 4.56. The van der Waals surface area contributed by atoms with Crippen LogP contribution < -0.4 is 0 Å². The lowest BCUT2D eigenvalue weighted by Crippen LogP contribution is -1.97. The van der Waals surface area contributed by atoms with Crippen molar-refractivity contribution in [2.24, 2.45) is 0 Å². The molecular weight excluding hydrogens is 308 g/mol. The van der Waals surface area contributed by atoms with Crippen molar-refractivity contribution in [3.8, 4) is 0 Å². The molecule has 122 valence electrons. The van der Waals surface area contributed by atoms with E-state index in [1.165, 1.54) is 31.2 Å². The van der Waals surface area contributed by atoms with Crippen LogP contribution in [0.2, 0.25) is 0 Å². The number of halogens is 2. The molecular formula is C20H17F2NO. The molecule has 4 heteroatoms. The number of Topliss-reactive ketones (excluding diaryl/α,β-unsaturated/α-hetero) is 1. The van der Waals surface area contributed by atoms with Crippen molar-refractivity contribution in [3.05, 3.63) is 94.8 Å². The van der Waals surface area contributed by atoms with E-state index in [0.29, 0.717) is 18.5 Å². The third-order valence-corrected chi connectivity index (χ3v) is 3.93. The first kappa shape index (κ1) is 16.1. The Hall–Kier alpha value is -2.75. The maximum absolute atomic E-state index is 13.0. The zero-order valence-electron chi connectivity index (χ0n) is 13.3. The largest absolute Gasteiger partial charge is 0.349 e.